The highest BCUT2D eigenvalue weighted by Gasteiger charge is 2.28. The largest absolute Gasteiger partial charge is 0.454 e. The van der Waals surface area contributed by atoms with Crippen LogP contribution in [0.3, 0.4) is 0 Å². The zero-order valence-corrected chi connectivity index (χ0v) is 13.5. The summed E-state index contributed by atoms with van der Waals surface area (Å²) >= 11 is 0. The van der Waals surface area contributed by atoms with Gasteiger partial charge in [-0.05, 0) is 42.3 Å². The van der Waals surface area contributed by atoms with Crippen molar-refractivity contribution in [3.63, 3.8) is 0 Å². The molecule has 2 aromatic carbocycles. The van der Waals surface area contributed by atoms with Crippen LogP contribution in [-0.4, -0.2) is 16.1 Å². The summed E-state index contributed by atoms with van der Waals surface area (Å²) in [6, 6.07) is 12.2. The Bertz CT molecular complexity index is 951. The first kappa shape index (κ1) is 15.4. The summed E-state index contributed by atoms with van der Waals surface area (Å²) in [4.78, 5) is 11.9. The third-order valence-corrected chi connectivity index (χ3v) is 4.27. The number of carbonyl (C=O) groups excluding carboxylic acids is 1. The number of halogens is 1. The second-order valence-electron chi connectivity index (χ2n) is 6.11. The van der Waals surface area contributed by atoms with Crippen molar-refractivity contribution >= 4 is 11.7 Å². The maximum atomic E-state index is 14.5. The Labute approximate surface area is 143 Å². The van der Waals surface area contributed by atoms with Crippen LogP contribution in [0.15, 0.2) is 48.7 Å². The molecule has 0 radical (unpaired) electrons. The van der Waals surface area contributed by atoms with Gasteiger partial charge in [0.2, 0.25) is 5.91 Å². The third-order valence-electron chi connectivity index (χ3n) is 4.27. The Balaban J connectivity index is 1.64. The number of anilines is 1. The molecule has 0 saturated carbocycles. The highest BCUT2D eigenvalue weighted by Crippen LogP contribution is 2.37. The smallest absolute Gasteiger partial charge is 0.226 e. The minimum Gasteiger partial charge on any atom is -0.454 e. The maximum Gasteiger partial charge on any atom is 0.226 e. The Morgan fingerprint density at radius 2 is 2.12 bits per heavy atom. The second kappa shape index (κ2) is 6.05. The molecule has 2 N–H and O–H groups in total. The molecule has 5 nitrogen and oxygen atoms in total. The Kier molecular flexibility index (Phi) is 3.72. The van der Waals surface area contributed by atoms with Crippen molar-refractivity contribution in [3.8, 4) is 11.5 Å². The molecule has 2 heterocycles. The average molecular weight is 337 g/mol. The fourth-order valence-electron chi connectivity index (χ4n) is 3.07. The molecule has 25 heavy (non-hydrogen) atoms. The molecule has 6 heteroatoms. The zero-order valence-electron chi connectivity index (χ0n) is 13.5. The van der Waals surface area contributed by atoms with Gasteiger partial charge in [0.15, 0.2) is 11.6 Å². The fraction of sp³-hybridized carbons (Fsp3) is 0.158. The molecule has 1 unspecified atom stereocenters. The average Bonchev–Trinajstić information content (AvgIpc) is 3.04. The van der Waals surface area contributed by atoms with Gasteiger partial charge in [0, 0.05) is 17.9 Å². The maximum absolute atomic E-state index is 14.5. The first-order valence-electron chi connectivity index (χ1n) is 7.97. The van der Waals surface area contributed by atoms with Gasteiger partial charge in [-0.2, -0.15) is 5.10 Å². The molecule has 4 rings (SSSR count). The lowest BCUT2D eigenvalue weighted by Crippen LogP contribution is -2.23. The number of aryl methyl sites for hydroxylation is 1. The number of aromatic amines is 1. The molecule has 1 amide bonds. The van der Waals surface area contributed by atoms with Crippen LogP contribution in [0.1, 0.15) is 29.0 Å². The van der Waals surface area contributed by atoms with Crippen LogP contribution in [0.2, 0.25) is 0 Å². The molecule has 1 atom stereocenters. The standard InChI is InChI=1S/C19H16FN3O2/c1-11-3-2-4-13(7-11)25-17-6-5-12(8-16(17)20)14-9-18(24)22-19-15(14)10-21-23-19/h2-8,10,14H,9H2,1H3,(H2,21,22,23,24). The number of rotatable bonds is 3. The summed E-state index contributed by atoms with van der Waals surface area (Å²) in [7, 11) is 0. The van der Waals surface area contributed by atoms with E-state index < -0.39 is 5.82 Å². The number of H-pyrrole nitrogens is 1. The quantitative estimate of drug-likeness (QED) is 0.755. The van der Waals surface area contributed by atoms with Gasteiger partial charge in [0.25, 0.3) is 0 Å². The number of hydrogen-bond donors (Lipinski definition) is 2. The van der Waals surface area contributed by atoms with E-state index in [-0.39, 0.29) is 24.0 Å². The Hall–Kier alpha value is -3.15. The van der Waals surface area contributed by atoms with Gasteiger partial charge < -0.3 is 10.1 Å². The van der Waals surface area contributed by atoms with Crippen molar-refractivity contribution in [2.75, 3.05) is 5.32 Å². The number of aromatic nitrogens is 2. The van der Waals surface area contributed by atoms with Crippen LogP contribution in [-0.2, 0) is 4.79 Å². The molecule has 1 aliphatic rings. The highest BCUT2D eigenvalue weighted by molar-refractivity contribution is 5.94. The van der Waals surface area contributed by atoms with Crippen LogP contribution in [0.25, 0.3) is 0 Å². The van der Waals surface area contributed by atoms with E-state index in [9.17, 15) is 9.18 Å². The normalized spacial score (nSPS) is 16.2. The third kappa shape index (κ3) is 2.98. The van der Waals surface area contributed by atoms with Gasteiger partial charge in [-0.1, -0.05) is 18.2 Å². The predicted octanol–water partition coefficient (Wildman–Crippen LogP) is 4.12. The van der Waals surface area contributed by atoms with Gasteiger partial charge in [0.1, 0.15) is 11.6 Å². The van der Waals surface area contributed by atoms with Crippen molar-refractivity contribution in [1.29, 1.82) is 0 Å². The monoisotopic (exact) mass is 337 g/mol. The molecule has 1 aliphatic heterocycles. The van der Waals surface area contributed by atoms with Crippen LogP contribution < -0.4 is 10.1 Å². The van der Waals surface area contributed by atoms with Gasteiger partial charge in [0.05, 0.1) is 6.20 Å². The number of amides is 1. The van der Waals surface area contributed by atoms with E-state index in [1.165, 1.54) is 6.07 Å². The van der Waals surface area contributed by atoms with E-state index >= 15 is 0 Å². The molecule has 1 aromatic heterocycles. The second-order valence-corrected chi connectivity index (χ2v) is 6.11. The van der Waals surface area contributed by atoms with E-state index in [0.717, 1.165) is 11.1 Å². The summed E-state index contributed by atoms with van der Waals surface area (Å²) < 4.78 is 20.2. The summed E-state index contributed by atoms with van der Waals surface area (Å²) in [5, 5.41) is 9.44. The molecule has 0 spiro atoms. The topological polar surface area (TPSA) is 67.0 Å². The SMILES string of the molecule is Cc1cccc(Oc2ccc(C3CC(=O)Nc4[nH]ncc43)cc2F)c1. The first-order chi connectivity index (χ1) is 12.1. The van der Waals surface area contributed by atoms with Crippen molar-refractivity contribution in [2.45, 2.75) is 19.3 Å². The number of hydrogen-bond acceptors (Lipinski definition) is 3. The lowest BCUT2D eigenvalue weighted by Gasteiger charge is -2.22. The van der Waals surface area contributed by atoms with Gasteiger partial charge >= 0.3 is 0 Å². The molecular formula is C19H16FN3O2. The summed E-state index contributed by atoms with van der Waals surface area (Å²) in [6.45, 7) is 1.95. The van der Waals surface area contributed by atoms with Crippen molar-refractivity contribution in [1.82, 2.24) is 10.2 Å². The Morgan fingerprint density at radius 3 is 2.92 bits per heavy atom. The van der Waals surface area contributed by atoms with Crippen molar-refractivity contribution in [3.05, 3.63) is 71.2 Å². The van der Waals surface area contributed by atoms with E-state index in [1.807, 2.05) is 25.1 Å². The van der Waals surface area contributed by atoms with Crippen LogP contribution in [0.4, 0.5) is 10.2 Å². The molecule has 3 aromatic rings. The van der Waals surface area contributed by atoms with E-state index in [0.29, 0.717) is 17.1 Å². The number of nitrogens with one attached hydrogen (secondary N) is 2. The van der Waals surface area contributed by atoms with Gasteiger partial charge in [-0.25, -0.2) is 4.39 Å². The lowest BCUT2D eigenvalue weighted by molar-refractivity contribution is -0.116. The molecular weight excluding hydrogens is 321 g/mol. The van der Waals surface area contributed by atoms with E-state index in [4.69, 9.17) is 4.74 Å². The summed E-state index contributed by atoms with van der Waals surface area (Å²) in [5.41, 5.74) is 2.60. The van der Waals surface area contributed by atoms with Crippen LogP contribution >= 0.6 is 0 Å². The number of fused-ring (bicyclic) bond motifs is 1. The van der Waals surface area contributed by atoms with Crippen LogP contribution in [0.5, 0.6) is 11.5 Å². The Morgan fingerprint density at radius 1 is 1.24 bits per heavy atom. The van der Waals surface area contributed by atoms with E-state index in [1.54, 1.807) is 24.4 Å². The number of carbonyl (C=O) groups is 1. The summed E-state index contributed by atoms with van der Waals surface area (Å²) in [5.74, 6) is 0.492. The number of nitrogens with zero attached hydrogens (tertiary/aromatic N) is 1. The summed E-state index contributed by atoms with van der Waals surface area (Å²) in [6.07, 6.45) is 1.92. The predicted molar refractivity (Wildman–Crippen MR) is 91.3 cm³/mol. The molecule has 0 bridgehead atoms. The van der Waals surface area contributed by atoms with Crippen molar-refractivity contribution in [2.24, 2.45) is 0 Å². The molecule has 0 aliphatic carbocycles. The minimum atomic E-state index is -0.463. The number of ether oxygens (including phenoxy) is 1. The highest BCUT2D eigenvalue weighted by atomic mass is 19.1. The molecule has 0 fully saturated rings. The van der Waals surface area contributed by atoms with E-state index in [2.05, 4.69) is 15.5 Å². The van der Waals surface area contributed by atoms with Crippen molar-refractivity contribution < 1.29 is 13.9 Å². The molecule has 126 valence electrons. The van der Waals surface area contributed by atoms with Gasteiger partial charge in [-0.15, -0.1) is 0 Å². The van der Waals surface area contributed by atoms with Crippen LogP contribution in [0, 0.1) is 12.7 Å². The van der Waals surface area contributed by atoms with Gasteiger partial charge in [-0.3, -0.25) is 9.89 Å². The first-order valence-corrected chi connectivity index (χ1v) is 7.97. The number of benzene rings is 2. The lowest BCUT2D eigenvalue weighted by atomic mass is 9.87. The fourth-order valence-corrected chi connectivity index (χ4v) is 3.07. The minimum absolute atomic E-state index is 0.123. The zero-order chi connectivity index (χ0) is 17.4. The molecule has 0 saturated heterocycles.